The van der Waals surface area contributed by atoms with Gasteiger partial charge in [-0.3, -0.25) is 38.4 Å². The van der Waals surface area contributed by atoms with E-state index in [9.17, 15) is 47.1 Å². The lowest BCUT2D eigenvalue weighted by Crippen LogP contribution is -2.58. The molecule has 9 rings (SSSR count). The summed E-state index contributed by atoms with van der Waals surface area (Å²) in [5.41, 5.74) is 1.57. The summed E-state index contributed by atoms with van der Waals surface area (Å²) in [6, 6.07) is 6.57. The van der Waals surface area contributed by atoms with Crippen molar-refractivity contribution in [3.63, 3.8) is 0 Å². The number of rotatable bonds is 18. The first-order chi connectivity index (χ1) is 39.5. The summed E-state index contributed by atoms with van der Waals surface area (Å²) in [6.45, 7) is 3.77. The molecule has 3 aromatic carbocycles. The van der Waals surface area contributed by atoms with Crippen LogP contribution in [0.5, 0.6) is 11.5 Å². The first-order valence-corrected chi connectivity index (χ1v) is 29.2. The number of likely N-dealkylation sites (tertiary alicyclic amines) is 2. The summed E-state index contributed by atoms with van der Waals surface area (Å²) in [7, 11) is 3.30. The van der Waals surface area contributed by atoms with Gasteiger partial charge in [-0.2, -0.15) is 0 Å². The minimum absolute atomic E-state index is 0.0372. The van der Waals surface area contributed by atoms with E-state index in [0.29, 0.717) is 61.2 Å². The van der Waals surface area contributed by atoms with Crippen molar-refractivity contribution in [1.29, 1.82) is 0 Å². The van der Waals surface area contributed by atoms with E-state index in [2.05, 4.69) is 42.5 Å². The lowest BCUT2D eigenvalue weighted by atomic mass is 9.83. The first kappa shape index (κ1) is 59.4. The van der Waals surface area contributed by atoms with Crippen molar-refractivity contribution in [3.05, 3.63) is 94.6 Å². The number of nitrogens with one attached hydrogen (secondary N) is 8. The fraction of sp³-hybridized carbons (Fsp3) is 0.567. The normalized spacial score (nSPS) is 24.2. The van der Waals surface area contributed by atoms with Gasteiger partial charge in [0.25, 0.3) is 11.8 Å². The molecule has 2 aliphatic carbocycles. The quantitative estimate of drug-likeness (QED) is 0.0900. The molecular formula is C60H78F2N10O10. The smallest absolute Gasteiger partial charge is 0.251 e. The SMILES string of the molecule is CN[C@@H](C)C(=O)N[C@H](C(=O)N1C[C@@H](NC(=O)c2ccc(C(=O)N[C@H]3C[C@@H](C(=O)N[C@@H]4CCOc5cc(F)ccc54)N(C(=O)[C@@H](NC(=O)[C@H](C)NC)C4CCCCC4)C3)cc2)C[C@H]1C(=O)N[C@@H]1CCOc2cc(F)ccc21)C1CCCCC1. The Bertz CT molecular complexity index is 2660. The number of ether oxygens (including phenoxy) is 2. The third-order valence-corrected chi connectivity index (χ3v) is 17.5. The second-order valence-corrected chi connectivity index (χ2v) is 23.0. The number of likely N-dealkylation sites (N-methyl/N-ethyl adjacent to an activating group) is 2. The molecule has 22 heteroatoms. The molecule has 4 heterocycles. The Hall–Kier alpha value is -7.20. The summed E-state index contributed by atoms with van der Waals surface area (Å²) >= 11 is 0. The van der Waals surface area contributed by atoms with Crippen LogP contribution in [0.25, 0.3) is 0 Å². The number of hydrogen-bond donors (Lipinski definition) is 8. The second-order valence-electron chi connectivity index (χ2n) is 23.0. The maximum absolute atomic E-state index is 14.9. The number of halogens is 2. The van der Waals surface area contributed by atoms with Crippen molar-refractivity contribution < 1.29 is 56.6 Å². The topological polar surface area (TPSA) is 258 Å². The van der Waals surface area contributed by atoms with E-state index in [1.807, 2.05) is 0 Å². The molecule has 0 spiro atoms. The molecule has 4 aliphatic heterocycles. The van der Waals surface area contributed by atoms with E-state index < -0.39 is 107 Å². The van der Waals surface area contributed by atoms with Gasteiger partial charge in [-0.15, -0.1) is 0 Å². The number of fused-ring (bicyclic) bond motifs is 2. The van der Waals surface area contributed by atoms with Crippen LogP contribution < -0.4 is 52.0 Å². The highest BCUT2D eigenvalue weighted by Crippen LogP contribution is 2.37. The summed E-state index contributed by atoms with van der Waals surface area (Å²) < 4.78 is 39.8. The van der Waals surface area contributed by atoms with Gasteiger partial charge in [0.05, 0.1) is 37.4 Å². The highest BCUT2D eigenvalue weighted by atomic mass is 19.1. The van der Waals surface area contributed by atoms with Gasteiger partial charge < -0.3 is 61.8 Å². The lowest BCUT2D eigenvalue weighted by Gasteiger charge is -2.35. The zero-order chi connectivity index (χ0) is 58.2. The monoisotopic (exact) mass is 1140 g/mol. The third kappa shape index (κ3) is 13.8. The summed E-state index contributed by atoms with van der Waals surface area (Å²) in [6.07, 6.45) is 9.30. The lowest BCUT2D eigenvalue weighted by molar-refractivity contribution is -0.143. The zero-order valence-electron chi connectivity index (χ0n) is 47.2. The molecule has 6 aliphatic rings. The van der Waals surface area contributed by atoms with Crippen molar-refractivity contribution >= 4 is 47.3 Å². The standard InChI is InChI=1S/C60H78F2N10O10/c1-33(63-3)53(73)69-51(35-11-7-5-8-12-35)59(79)71-31-41(29-47(71)57(77)67-45-23-25-81-49-27-39(61)19-21-43(45)49)65-55(75)37-15-17-38(18-16-37)56(76)66-42-30-48(58(78)68-46-24-26-82-50-28-40(62)20-22-44(46)50)72(32-42)60(80)52(36-13-9-6-10-14-36)70-54(74)34(2)64-4/h15-22,27-28,33-36,41-42,45-48,51-52,63-64H,5-14,23-26,29-32H2,1-4H3,(H,65,75)(H,66,76)(H,67,77)(H,68,78)(H,69,73)(H,70,74)/t33-,34-,41-,42-,45+,46+,47-,48-,51-,52-/m0/s1. The zero-order valence-corrected chi connectivity index (χ0v) is 47.2. The Labute approximate surface area is 477 Å². The Kier molecular flexibility index (Phi) is 19.4. The van der Waals surface area contributed by atoms with Crippen molar-refractivity contribution in [2.24, 2.45) is 11.8 Å². The van der Waals surface area contributed by atoms with Crippen molar-refractivity contribution in [2.45, 2.75) is 164 Å². The molecule has 0 bridgehead atoms. The molecule has 0 unspecified atom stereocenters. The van der Waals surface area contributed by atoms with Crippen molar-refractivity contribution in [3.8, 4) is 11.5 Å². The highest BCUT2D eigenvalue weighted by Gasteiger charge is 2.47. The number of nitrogens with zero attached hydrogens (tertiary/aromatic N) is 2. The Morgan fingerprint density at radius 3 is 1.26 bits per heavy atom. The van der Waals surface area contributed by atoms with Gasteiger partial charge in [0.1, 0.15) is 47.3 Å². The van der Waals surface area contributed by atoms with Gasteiger partial charge in [0, 0.05) is 72.4 Å². The molecule has 2 saturated carbocycles. The average Bonchev–Trinajstić information content (AvgIpc) is 4.31. The summed E-state index contributed by atoms with van der Waals surface area (Å²) in [5, 5.41) is 24.0. The number of carbonyl (C=O) groups excluding carboxylic acids is 8. The van der Waals surface area contributed by atoms with Crippen molar-refractivity contribution in [1.82, 2.24) is 52.3 Å². The molecule has 0 aromatic heterocycles. The van der Waals surface area contributed by atoms with Crippen LogP contribution in [0.3, 0.4) is 0 Å². The minimum Gasteiger partial charge on any atom is -0.493 e. The Balaban J connectivity index is 0.901. The summed E-state index contributed by atoms with van der Waals surface area (Å²) in [5.74, 6) is -4.24. The minimum atomic E-state index is -1.05. The predicted molar refractivity (Wildman–Crippen MR) is 298 cm³/mol. The van der Waals surface area contributed by atoms with Crippen LogP contribution in [0.4, 0.5) is 8.78 Å². The van der Waals surface area contributed by atoms with E-state index in [1.54, 1.807) is 40.1 Å². The van der Waals surface area contributed by atoms with Gasteiger partial charge in [0.2, 0.25) is 35.4 Å². The average molecular weight is 1140 g/mol. The van der Waals surface area contributed by atoms with Crippen LogP contribution in [0.15, 0.2) is 60.7 Å². The third-order valence-electron chi connectivity index (χ3n) is 17.5. The molecule has 20 nitrogen and oxygen atoms in total. The number of benzene rings is 3. The fourth-order valence-electron chi connectivity index (χ4n) is 12.6. The largest absolute Gasteiger partial charge is 0.493 e. The number of hydrogen-bond acceptors (Lipinski definition) is 12. The van der Waals surface area contributed by atoms with Gasteiger partial charge in [-0.05, 0) is 115 Å². The Morgan fingerprint density at radius 2 is 0.890 bits per heavy atom. The molecule has 10 atom stereocenters. The molecule has 8 amide bonds. The molecule has 4 fully saturated rings. The van der Waals surface area contributed by atoms with Crippen LogP contribution in [-0.2, 0) is 28.8 Å². The van der Waals surface area contributed by atoms with Crippen LogP contribution in [0, 0.1) is 23.5 Å². The summed E-state index contributed by atoms with van der Waals surface area (Å²) in [4.78, 5) is 117. The van der Waals surface area contributed by atoms with Gasteiger partial charge >= 0.3 is 0 Å². The molecule has 3 aromatic rings. The maximum atomic E-state index is 14.9. The molecule has 0 radical (unpaired) electrons. The van der Waals surface area contributed by atoms with E-state index >= 15 is 0 Å². The predicted octanol–water partition coefficient (Wildman–Crippen LogP) is 3.99. The van der Waals surface area contributed by atoms with Crippen LogP contribution in [0.1, 0.15) is 148 Å². The first-order valence-electron chi connectivity index (χ1n) is 29.2. The number of carbonyl (C=O) groups is 8. The highest BCUT2D eigenvalue weighted by molar-refractivity contribution is 5.99. The van der Waals surface area contributed by atoms with E-state index in [0.717, 1.165) is 38.5 Å². The number of amides is 8. The fourth-order valence-corrected chi connectivity index (χ4v) is 12.6. The van der Waals surface area contributed by atoms with Crippen LogP contribution in [0.2, 0.25) is 0 Å². The van der Waals surface area contributed by atoms with E-state index in [1.165, 1.54) is 58.3 Å². The maximum Gasteiger partial charge on any atom is 0.251 e. The van der Waals surface area contributed by atoms with Gasteiger partial charge in [-0.1, -0.05) is 50.7 Å². The molecule has 82 heavy (non-hydrogen) atoms. The second kappa shape index (κ2) is 26.8. The van der Waals surface area contributed by atoms with E-state index in [-0.39, 0.29) is 73.9 Å². The van der Waals surface area contributed by atoms with Crippen molar-refractivity contribution in [2.75, 3.05) is 40.4 Å². The molecule has 442 valence electrons. The van der Waals surface area contributed by atoms with Gasteiger partial charge in [0.15, 0.2) is 0 Å². The van der Waals surface area contributed by atoms with Crippen LogP contribution >= 0.6 is 0 Å². The Morgan fingerprint density at radius 1 is 0.512 bits per heavy atom. The molecular weight excluding hydrogens is 1060 g/mol. The van der Waals surface area contributed by atoms with Crippen LogP contribution in [-0.4, -0.2) is 146 Å². The van der Waals surface area contributed by atoms with E-state index in [4.69, 9.17) is 9.47 Å². The molecule has 8 N–H and O–H groups in total. The molecule has 2 saturated heterocycles. The van der Waals surface area contributed by atoms with Gasteiger partial charge in [-0.25, -0.2) is 8.78 Å².